The zero-order valence-corrected chi connectivity index (χ0v) is 19.7. The van der Waals surface area contributed by atoms with Crippen molar-refractivity contribution in [2.75, 3.05) is 19.7 Å². The van der Waals surface area contributed by atoms with Gasteiger partial charge < -0.3 is 15.0 Å². The number of likely N-dealkylation sites (tertiary alicyclic amines) is 1. The summed E-state index contributed by atoms with van der Waals surface area (Å²) in [7, 11) is 0. The minimum absolute atomic E-state index is 0.0744. The molecule has 2 aliphatic rings. The maximum atomic E-state index is 13.8. The van der Waals surface area contributed by atoms with Gasteiger partial charge in [-0.05, 0) is 56.7 Å². The predicted molar refractivity (Wildman–Crippen MR) is 125 cm³/mol. The van der Waals surface area contributed by atoms with Gasteiger partial charge in [0.15, 0.2) is 0 Å². The monoisotopic (exact) mass is 467 g/mol. The van der Waals surface area contributed by atoms with Gasteiger partial charge in [0.25, 0.3) is 11.8 Å². The molecule has 180 valence electrons. The molecule has 1 unspecified atom stereocenters. The highest BCUT2D eigenvalue weighted by Gasteiger charge is 2.54. The Bertz CT molecular complexity index is 1080. The topological polar surface area (TPSA) is 79.0 Å². The number of nitrogens with zero attached hydrogens (tertiary/aromatic N) is 2. The molecule has 1 atom stereocenters. The first-order valence-corrected chi connectivity index (χ1v) is 11.6. The predicted octanol–water partition coefficient (Wildman–Crippen LogP) is 3.13. The maximum Gasteiger partial charge on any atom is 0.257 e. The molecular weight excluding hydrogens is 437 g/mol. The Morgan fingerprint density at radius 1 is 1.03 bits per heavy atom. The second kappa shape index (κ2) is 9.54. The number of amides is 3. The first kappa shape index (κ1) is 23.9. The summed E-state index contributed by atoms with van der Waals surface area (Å²) in [6.45, 7) is 6.41. The minimum Gasteiger partial charge on any atom is -0.353 e. The van der Waals surface area contributed by atoms with Crippen LogP contribution in [0.15, 0.2) is 48.5 Å². The van der Waals surface area contributed by atoms with E-state index in [1.165, 1.54) is 24.3 Å². The lowest BCUT2D eigenvalue weighted by Crippen LogP contribution is -2.60. The lowest BCUT2D eigenvalue weighted by Gasteiger charge is -2.44. The van der Waals surface area contributed by atoms with Crippen molar-refractivity contribution in [3.8, 4) is 0 Å². The molecule has 2 fully saturated rings. The first-order valence-electron chi connectivity index (χ1n) is 11.6. The van der Waals surface area contributed by atoms with Crippen LogP contribution in [0.3, 0.4) is 0 Å². The van der Waals surface area contributed by atoms with Gasteiger partial charge in [0.05, 0.1) is 6.61 Å². The number of halogens is 1. The highest BCUT2D eigenvalue weighted by molar-refractivity contribution is 5.99. The van der Waals surface area contributed by atoms with Gasteiger partial charge in [-0.3, -0.25) is 19.3 Å². The molecule has 0 aromatic heterocycles. The van der Waals surface area contributed by atoms with E-state index in [4.69, 9.17) is 4.74 Å². The average Bonchev–Trinajstić information content (AvgIpc) is 3.18. The van der Waals surface area contributed by atoms with Crippen LogP contribution in [0.5, 0.6) is 0 Å². The summed E-state index contributed by atoms with van der Waals surface area (Å²) in [5, 5.41) is 2.90. The molecule has 1 N–H and O–H groups in total. The van der Waals surface area contributed by atoms with Gasteiger partial charge in [-0.15, -0.1) is 0 Å². The molecule has 0 aliphatic carbocycles. The molecule has 4 rings (SSSR count). The minimum atomic E-state index is -0.974. The normalized spacial score (nSPS) is 19.5. The van der Waals surface area contributed by atoms with E-state index >= 15 is 0 Å². The van der Waals surface area contributed by atoms with Gasteiger partial charge in [-0.2, -0.15) is 0 Å². The molecule has 2 heterocycles. The standard InChI is InChI=1S/C26H30FN3O4/c1-17(2)28-23(31)22-16-34-26(30(22)25(33)21-7-5-4-6-18(21)3)12-14-29(15-13-26)24(32)19-8-10-20(27)11-9-19/h4-11,17,22H,12-16H2,1-3H3,(H,28,31). The highest BCUT2D eigenvalue weighted by Crippen LogP contribution is 2.39. The molecule has 2 aromatic carbocycles. The van der Waals surface area contributed by atoms with Crippen molar-refractivity contribution in [3.63, 3.8) is 0 Å². The Balaban J connectivity index is 1.59. The number of nitrogens with one attached hydrogen (secondary N) is 1. The number of carbonyl (C=O) groups is 3. The summed E-state index contributed by atoms with van der Waals surface area (Å²) in [5.41, 5.74) is 0.783. The van der Waals surface area contributed by atoms with Crippen molar-refractivity contribution >= 4 is 17.7 Å². The van der Waals surface area contributed by atoms with E-state index in [-0.39, 0.29) is 30.4 Å². The quantitative estimate of drug-likeness (QED) is 0.750. The molecule has 0 bridgehead atoms. The highest BCUT2D eigenvalue weighted by atomic mass is 19.1. The van der Waals surface area contributed by atoms with Gasteiger partial charge >= 0.3 is 0 Å². The van der Waals surface area contributed by atoms with Crippen LogP contribution in [0.25, 0.3) is 0 Å². The summed E-state index contributed by atoms with van der Waals surface area (Å²) in [6, 6.07) is 11.9. The van der Waals surface area contributed by atoms with Crippen LogP contribution in [0, 0.1) is 12.7 Å². The van der Waals surface area contributed by atoms with Crippen LogP contribution in [0.4, 0.5) is 4.39 Å². The Morgan fingerprint density at radius 2 is 1.68 bits per heavy atom. The van der Waals surface area contributed by atoms with E-state index in [1.807, 2.05) is 32.9 Å². The van der Waals surface area contributed by atoms with Crippen LogP contribution < -0.4 is 5.32 Å². The average molecular weight is 468 g/mol. The number of rotatable bonds is 4. The van der Waals surface area contributed by atoms with E-state index in [0.717, 1.165) is 5.56 Å². The fourth-order valence-corrected chi connectivity index (χ4v) is 4.72. The largest absolute Gasteiger partial charge is 0.353 e. The second-order valence-corrected chi connectivity index (χ2v) is 9.23. The first-order chi connectivity index (χ1) is 16.2. The van der Waals surface area contributed by atoms with Gasteiger partial charge in [0.1, 0.15) is 17.6 Å². The van der Waals surface area contributed by atoms with Crippen molar-refractivity contribution in [3.05, 3.63) is 71.0 Å². The van der Waals surface area contributed by atoms with Gasteiger partial charge in [0.2, 0.25) is 5.91 Å². The van der Waals surface area contributed by atoms with Gasteiger partial charge in [0, 0.05) is 43.1 Å². The molecule has 34 heavy (non-hydrogen) atoms. The summed E-state index contributed by atoms with van der Waals surface area (Å²) >= 11 is 0. The number of hydrogen-bond acceptors (Lipinski definition) is 4. The van der Waals surface area contributed by atoms with Crippen molar-refractivity contribution < 1.29 is 23.5 Å². The van der Waals surface area contributed by atoms with Gasteiger partial charge in [-0.1, -0.05) is 18.2 Å². The van der Waals surface area contributed by atoms with Crippen molar-refractivity contribution in [2.24, 2.45) is 0 Å². The molecule has 8 heteroatoms. The molecule has 2 aromatic rings. The van der Waals surface area contributed by atoms with E-state index in [0.29, 0.717) is 37.1 Å². The lowest BCUT2D eigenvalue weighted by molar-refractivity contribution is -0.128. The van der Waals surface area contributed by atoms with Gasteiger partial charge in [-0.25, -0.2) is 4.39 Å². The summed E-state index contributed by atoms with van der Waals surface area (Å²) in [4.78, 5) is 43.0. The van der Waals surface area contributed by atoms with Crippen LogP contribution in [-0.2, 0) is 9.53 Å². The zero-order chi connectivity index (χ0) is 24.5. The van der Waals surface area contributed by atoms with Crippen molar-refractivity contribution in [1.29, 1.82) is 0 Å². The number of benzene rings is 2. The Labute approximate surface area is 198 Å². The number of carbonyl (C=O) groups excluding carboxylic acids is 3. The smallest absolute Gasteiger partial charge is 0.257 e. The molecule has 2 aliphatic heterocycles. The third kappa shape index (κ3) is 4.55. The third-order valence-electron chi connectivity index (χ3n) is 6.51. The molecule has 7 nitrogen and oxygen atoms in total. The van der Waals surface area contributed by atoms with Crippen LogP contribution in [0.1, 0.15) is 53.0 Å². The van der Waals surface area contributed by atoms with E-state index in [1.54, 1.807) is 21.9 Å². The Kier molecular flexibility index (Phi) is 6.70. The molecule has 0 saturated carbocycles. The summed E-state index contributed by atoms with van der Waals surface area (Å²) < 4.78 is 19.4. The molecular formula is C26H30FN3O4. The van der Waals surface area contributed by atoms with Crippen molar-refractivity contribution in [1.82, 2.24) is 15.1 Å². The number of piperidine rings is 1. The fraction of sp³-hybridized carbons (Fsp3) is 0.423. The molecule has 3 amide bonds. The van der Waals surface area contributed by atoms with Crippen LogP contribution in [-0.4, -0.2) is 65.0 Å². The Morgan fingerprint density at radius 3 is 2.29 bits per heavy atom. The van der Waals surface area contributed by atoms with E-state index in [2.05, 4.69) is 5.32 Å². The van der Waals surface area contributed by atoms with Crippen LogP contribution >= 0.6 is 0 Å². The SMILES string of the molecule is Cc1ccccc1C(=O)N1C(C(=O)NC(C)C)COC12CCN(C(=O)c1ccc(F)cc1)CC2. The van der Waals surface area contributed by atoms with E-state index < -0.39 is 17.6 Å². The Hall–Kier alpha value is -3.26. The number of aryl methyl sites for hydroxylation is 1. The second-order valence-electron chi connectivity index (χ2n) is 9.23. The molecule has 1 spiro atoms. The third-order valence-corrected chi connectivity index (χ3v) is 6.51. The number of ether oxygens (including phenoxy) is 1. The lowest BCUT2D eigenvalue weighted by atomic mass is 9.95. The summed E-state index contributed by atoms with van der Waals surface area (Å²) in [6.07, 6.45) is 0.756. The maximum absolute atomic E-state index is 13.8. The van der Waals surface area contributed by atoms with Crippen LogP contribution in [0.2, 0.25) is 0 Å². The van der Waals surface area contributed by atoms with E-state index in [9.17, 15) is 18.8 Å². The molecule has 2 saturated heterocycles. The fourth-order valence-electron chi connectivity index (χ4n) is 4.72. The summed E-state index contributed by atoms with van der Waals surface area (Å²) in [5.74, 6) is -1.10. The van der Waals surface area contributed by atoms with Crippen molar-refractivity contribution in [2.45, 2.75) is 51.4 Å². The zero-order valence-electron chi connectivity index (χ0n) is 19.7. The number of hydrogen-bond donors (Lipinski definition) is 1. The molecule has 0 radical (unpaired) electrons.